The van der Waals surface area contributed by atoms with Gasteiger partial charge in [-0.3, -0.25) is 4.90 Å². The van der Waals surface area contributed by atoms with Crippen LogP contribution in [0.3, 0.4) is 0 Å². The van der Waals surface area contributed by atoms with Crippen LogP contribution >= 0.6 is 0 Å². The van der Waals surface area contributed by atoms with Gasteiger partial charge in [-0.15, -0.1) is 0 Å². The maximum absolute atomic E-state index is 11.3. The van der Waals surface area contributed by atoms with Gasteiger partial charge in [0.1, 0.15) is 12.0 Å². The maximum Gasteiger partial charge on any atom is 0.140 e. The third-order valence-electron chi connectivity index (χ3n) is 3.10. The zero-order valence-corrected chi connectivity index (χ0v) is 9.52. The lowest BCUT2D eigenvalue weighted by molar-refractivity contribution is -0.121. The predicted molar refractivity (Wildman–Crippen MR) is 59.3 cm³/mol. The third-order valence-corrected chi connectivity index (χ3v) is 3.10. The van der Waals surface area contributed by atoms with E-state index < -0.39 is 5.54 Å². The van der Waals surface area contributed by atoms with Crippen LogP contribution in [0.5, 0.6) is 0 Å². The highest BCUT2D eigenvalue weighted by atomic mass is 16.5. The number of furan rings is 1. The van der Waals surface area contributed by atoms with Crippen LogP contribution in [-0.2, 0) is 16.0 Å². The molecule has 0 aromatic carbocycles. The van der Waals surface area contributed by atoms with Crippen molar-refractivity contribution in [3.05, 3.63) is 24.2 Å². The number of hydrogen-bond donors (Lipinski definition) is 0. The molecule has 0 spiro atoms. The molecule has 1 aromatic rings. The molecular formula is C12H17NO3. The van der Waals surface area contributed by atoms with Crippen LogP contribution in [0.25, 0.3) is 0 Å². The van der Waals surface area contributed by atoms with Crippen LogP contribution < -0.4 is 0 Å². The van der Waals surface area contributed by atoms with Gasteiger partial charge < -0.3 is 13.9 Å². The van der Waals surface area contributed by atoms with Crippen LogP contribution in [0.4, 0.5) is 0 Å². The molecule has 1 saturated heterocycles. The van der Waals surface area contributed by atoms with Gasteiger partial charge in [-0.1, -0.05) is 0 Å². The average Bonchev–Trinajstić information content (AvgIpc) is 2.83. The van der Waals surface area contributed by atoms with Crippen molar-refractivity contribution in [3.63, 3.8) is 0 Å². The summed E-state index contributed by atoms with van der Waals surface area (Å²) in [6.45, 7) is 4.95. The monoisotopic (exact) mass is 223 g/mol. The largest absolute Gasteiger partial charge is 0.469 e. The molecule has 1 aliphatic rings. The Bertz CT molecular complexity index is 330. The van der Waals surface area contributed by atoms with Crippen molar-refractivity contribution in [2.24, 2.45) is 0 Å². The van der Waals surface area contributed by atoms with Crippen LogP contribution in [-0.4, -0.2) is 43.0 Å². The predicted octanol–water partition coefficient (Wildman–Crippen LogP) is 1.11. The summed E-state index contributed by atoms with van der Waals surface area (Å²) in [5.41, 5.74) is -0.484. The summed E-state index contributed by atoms with van der Waals surface area (Å²) in [6.07, 6.45) is 3.27. The van der Waals surface area contributed by atoms with Crippen molar-refractivity contribution in [3.8, 4) is 0 Å². The Morgan fingerprint density at radius 3 is 2.81 bits per heavy atom. The van der Waals surface area contributed by atoms with Crippen molar-refractivity contribution in [2.75, 3.05) is 26.3 Å². The zero-order chi connectivity index (χ0) is 11.4. The van der Waals surface area contributed by atoms with Crippen molar-refractivity contribution < 1.29 is 13.9 Å². The average molecular weight is 223 g/mol. The van der Waals surface area contributed by atoms with Gasteiger partial charge in [0.15, 0.2) is 0 Å². The highest BCUT2D eigenvalue weighted by Crippen LogP contribution is 2.20. The lowest BCUT2D eigenvalue weighted by Gasteiger charge is -2.39. The van der Waals surface area contributed by atoms with E-state index in [1.165, 1.54) is 0 Å². The molecule has 4 heteroatoms. The molecule has 1 atom stereocenters. The van der Waals surface area contributed by atoms with E-state index in [0.717, 1.165) is 25.1 Å². The smallest absolute Gasteiger partial charge is 0.140 e. The molecule has 0 N–H and O–H groups in total. The van der Waals surface area contributed by atoms with Gasteiger partial charge in [0, 0.05) is 19.5 Å². The summed E-state index contributed by atoms with van der Waals surface area (Å²) >= 11 is 0. The van der Waals surface area contributed by atoms with Gasteiger partial charge in [0.25, 0.3) is 0 Å². The molecule has 0 bridgehead atoms. The van der Waals surface area contributed by atoms with E-state index in [0.29, 0.717) is 19.6 Å². The first-order chi connectivity index (χ1) is 7.74. The molecule has 2 heterocycles. The van der Waals surface area contributed by atoms with E-state index in [4.69, 9.17) is 9.15 Å². The number of hydrogen-bond acceptors (Lipinski definition) is 4. The van der Waals surface area contributed by atoms with Crippen LogP contribution in [0.2, 0.25) is 0 Å². The molecule has 0 amide bonds. The molecule has 16 heavy (non-hydrogen) atoms. The first-order valence-corrected chi connectivity index (χ1v) is 5.56. The van der Waals surface area contributed by atoms with Crippen molar-refractivity contribution in [2.45, 2.75) is 18.9 Å². The van der Waals surface area contributed by atoms with Gasteiger partial charge in [0.2, 0.25) is 0 Å². The molecule has 1 fully saturated rings. The summed E-state index contributed by atoms with van der Waals surface area (Å²) in [7, 11) is 0. The fourth-order valence-corrected chi connectivity index (χ4v) is 2.07. The number of morpholine rings is 1. The molecule has 1 aromatic heterocycles. The second-order valence-corrected chi connectivity index (χ2v) is 4.33. The van der Waals surface area contributed by atoms with E-state index in [2.05, 4.69) is 4.90 Å². The normalized spacial score (nSPS) is 21.6. The summed E-state index contributed by atoms with van der Waals surface area (Å²) in [5.74, 6) is 0.848. The second-order valence-electron chi connectivity index (χ2n) is 4.33. The third kappa shape index (κ3) is 2.33. The maximum atomic E-state index is 11.3. The number of aldehydes is 1. The van der Waals surface area contributed by atoms with Crippen LogP contribution in [0.15, 0.2) is 22.8 Å². The fraction of sp³-hybridized carbons (Fsp3) is 0.583. The van der Waals surface area contributed by atoms with Gasteiger partial charge in [-0.25, -0.2) is 0 Å². The fourth-order valence-electron chi connectivity index (χ4n) is 2.07. The Morgan fingerprint density at radius 2 is 2.25 bits per heavy atom. The molecule has 0 saturated carbocycles. The lowest BCUT2D eigenvalue weighted by Crippen LogP contribution is -2.54. The Kier molecular flexibility index (Phi) is 3.41. The molecule has 0 aliphatic carbocycles. The van der Waals surface area contributed by atoms with Gasteiger partial charge in [0.05, 0.1) is 25.0 Å². The Labute approximate surface area is 95.2 Å². The SMILES string of the molecule is CC(C=O)(Cc1ccco1)N1CCOCC1. The second kappa shape index (κ2) is 4.80. The first kappa shape index (κ1) is 11.4. The summed E-state index contributed by atoms with van der Waals surface area (Å²) in [5, 5.41) is 0. The van der Waals surface area contributed by atoms with E-state index in [1.807, 2.05) is 19.1 Å². The molecule has 2 rings (SSSR count). The van der Waals surface area contributed by atoms with Gasteiger partial charge >= 0.3 is 0 Å². The van der Waals surface area contributed by atoms with E-state index in [9.17, 15) is 4.79 Å². The van der Waals surface area contributed by atoms with E-state index in [1.54, 1.807) is 6.26 Å². The first-order valence-electron chi connectivity index (χ1n) is 5.56. The number of ether oxygens (including phenoxy) is 1. The number of nitrogens with zero attached hydrogens (tertiary/aromatic N) is 1. The van der Waals surface area contributed by atoms with Gasteiger partial charge in [-0.2, -0.15) is 0 Å². The minimum absolute atomic E-state index is 0.484. The molecular weight excluding hydrogens is 206 g/mol. The summed E-state index contributed by atoms with van der Waals surface area (Å²) in [6, 6.07) is 3.75. The summed E-state index contributed by atoms with van der Waals surface area (Å²) in [4.78, 5) is 13.5. The molecule has 4 nitrogen and oxygen atoms in total. The number of carbonyl (C=O) groups excluding carboxylic acids is 1. The Balaban J connectivity index is 2.08. The topological polar surface area (TPSA) is 42.7 Å². The Morgan fingerprint density at radius 1 is 1.50 bits per heavy atom. The van der Waals surface area contributed by atoms with E-state index in [-0.39, 0.29) is 0 Å². The quantitative estimate of drug-likeness (QED) is 0.717. The lowest BCUT2D eigenvalue weighted by atomic mass is 9.95. The molecule has 1 unspecified atom stereocenters. The van der Waals surface area contributed by atoms with E-state index >= 15 is 0 Å². The van der Waals surface area contributed by atoms with Crippen molar-refractivity contribution in [1.82, 2.24) is 4.90 Å². The summed E-state index contributed by atoms with van der Waals surface area (Å²) < 4.78 is 10.6. The minimum atomic E-state index is -0.484. The zero-order valence-electron chi connectivity index (χ0n) is 9.52. The number of carbonyl (C=O) groups is 1. The molecule has 0 radical (unpaired) electrons. The highest BCUT2D eigenvalue weighted by molar-refractivity contribution is 5.64. The standard InChI is InChI=1S/C12H17NO3/c1-12(10-14,9-11-3-2-6-16-11)13-4-7-15-8-5-13/h2-3,6,10H,4-5,7-9H2,1H3. The number of rotatable bonds is 4. The highest BCUT2D eigenvalue weighted by Gasteiger charge is 2.33. The van der Waals surface area contributed by atoms with Crippen LogP contribution in [0, 0.1) is 0 Å². The van der Waals surface area contributed by atoms with Crippen molar-refractivity contribution >= 4 is 6.29 Å². The molecule has 1 aliphatic heterocycles. The minimum Gasteiger partial charge on any atom is -0.469 e. The van der Waals surface area contributed by atoms with Gasteiger partial charge in [-0.05, 0) is 19.1 Å². The molecule has 88 valence electrons. The van der Waals surface area contributed by atoms with Crippen molar-refractivity contribution in [1.29, 1.82) is 0 Å². The van der Waals surface area contributed by atoms with Crippen LogP contribution in [0.1, 0.15) is 12.7 Å². The Hall–Kier alpha value is -1.13.